The van der Waals surface area contributed by atoms with Crippen molar-refractivity contribution in [3.05, 3.63) is 59.7 Å². The average molecular weight is 324 g/mol. The minimum atomic E-state index is -0.556. The van der Waals surface area contributed by atoms with Crippen LogP contribution in [-0.4, -0.2) is 36.4 Å². The van der Waals surface area contributed by atoms with Crippen molar-refractivity contribution in [3.8, 4) is 5.75 Å². The van der Waals surface area contributed by atoms with Crippen LogP contribution in [0.25, 0.3) is 0 Å². The van der Waals surface area contributed by atoms with Crippen LogP contribution in [0.15, 0.2) is 48.5 Å². The maximum atomic E-state index is 12.5. The van der Waals surface area contributed by atoms with E-state index in [1.54, 1.807) is 7.05 Å². The van der Waals surface area contributed by atoms with Crippen molar-refractivity contribution in [2.45, 2.75) is 19.4 Å². The molecule has 2 aromatic rings. The number of hydrogen-bond acceptors (Lipinski definition) is 3. The summed E-state index contributed by atoms with van der Waals surface area (Å²) in [5.74, 6) is 0.323. The van der Waals surface area contributed by atoms with E-state index in [0.29, 0.717) is 6.42 Å². The van der Waals surface area contributed by atoms with E-state index in [2.05, 4.69) is 5.32 Å². The van der Waals surface area contributed by atoms with Crippen LogP contribution in [0.4, 0.5) is 5.69 Å². The van der Waals surface area contributed by atoms with Crippen LogP contribution in [-0.2, 0) is 16.0 Å². The first-order chi connectivity index (χ1) is 11.5. The Balaban J connectivity index is 1.55. The summed E-state index contributed by atoms with van der Waals surface area (Å²) in [6.07, 6.45) is -0.0153. The molecule has 0 bridgehead atoms. The first-order valence-corrected chi connectivity index (χ1v) is 7.89. The van der Waals surface area contributed by atoms with E-state index in [-0.39, 0.29) is 18.4 Å². The Kier molecular flexibility index (Phi) is 4.51. The Bertz CT molecular complexity index is 730. The molecule has 1 N–H and O–H groups in total. The number of aryl methyl sites for hydroxylation is 1. The predicted octanol–water partition coefficient (Wildman–Crippen LogP) is 2.40. The summed E-state index contributed by atoms with van der Waals surface area (Å²) in [6.45, 7) is 1.97. The molecule has 3 rings (SSSR count). The zero-order valence-corrected chi connectivity index (χ0v) is 13.8. The van der Waals surface area contributed by atoms with Crippen molar-refractivity contribution < 1.29 is 14.3 Å². The fraction of sp³-hybridized carbons (Fsp3) is 0.263. The van der Waals surface area contributed by atoms with Gasteiger partial charge in [-0.25, -0.2) is 0 Å². The highest BCUT2D eigenvalue weighted by Crippen LogP contribution is 2.28. The Hall–Kier alpha value is -2.82. The van der Waals surface area contributed by atoms with Gasteiger partial charge in [0.05, 0.1) is 6.54 Å². The Morgan fingerprint density at radius 3 is 2.58 bits per heavy atom. The summed E-state index contributed by atoms with van der Waals surface area (Å²) in [7, 11) is 1.61. The third kappa shape index (κ3) is 3.56. The van der Waals surface area contributed by atoms with E-state index in [1.807, 2.05) is 55.5 Å². The molecular weight excluding hydrogens is 304 g/mol. The maximum Gasteiger partial charge on any atom is 0.264 e. The van der Waals surface area contributed by atoms with Gasteiger partial charge in [0.1, 0.15) is 5.75 Å². The van der Waals surface area contributed by atoms with Gasteiger partial charge in [0.15, 0.2) is 6.10 Å². The van der Waals surface area contributed by atoms with Gasteiger partial charge in [-0.3, -0.25) is 9.59 Å². The van der Waals surface area contributed by atoms with Crippen LogP contribution in [0.2, 0.25) is 0 Å². The van der Waals surface area contributed by atoms with Crippen LogP contribution in [0, 0.1) is 6.92 Å². The summed E-state index contributed by atoms with van der Waals surface area (Å²) < 4.78 is 5.68. The molecule has 2 amide bonds. The SMILES string of the molecule is Cc1ccc(NC(=O)CN(C)C(=O)[C@H]2Cc3ccccc3O2)cc1. The standard InChI is InChI=1S/C19H20N2O3/c1-13-7-9-15(10-8-13)20-18(22)12-21(2)19(23)17-11-14-5-3-4-6-16(14)24-17/h3-10,17H,11-12H2,1-2H3,(H,20,22)/t17-/m1/s1. The summed E-state index contributed by atoms with van der Waals surface area (Å²) >= 11 is 0. The molecule has 0 spiro atoms. The second kappa shape index (κ2) is 6.74. The molecule has 0 aromatic heterocycles. The van der Waals surface area contributed by atoms with Gasteiger partial charge in [-0.05, 0) is 30.7 Å². The fourth-order valence-electron chi connectivity index (χ4n) is 2.70. The smallest absolute Gasteiger partial charge is 0.264 e. The predicted molar refractivity (Wildman–Crippen MR) is 92.0 cm³/mol. The molecule has 0 saturated heterocycles. The molecule has 0 aliphatic carbocycles. The molecule has 1 heterocycles. The number of likely N-dealkylation sites (N-methyl/N-ethyl adjacent to an activating group) is 1. The molecule has 0 fully saturated rings. The van der Waals surface area contributed by atoms with E-state index in [0.717, 1.165) is 22.6 Å². The number of rotatable bonds is 4. The first-order valence-electron chi connectivity index (χ1n) is 7.89. The molecule has 2 aromatic carbocycles. The molecule has 1 aliphatic heterocycles. The molecule has 5 heteroatoms. The molecule has 0 radical (unpaired) electrons. The maximum absolute atomic E-state index is 12.5. The third-order valence-electron chi connectivity index (χ3n) is 4.01. The summed E-state index contributed by atoms with van der Waals surface area (Å²) in [5.41, 5.74) is 2.86. The topological polar surface area (TPSA) is 58.6 Å². The van der Waals surface area contributed by atoms with E-state index < -0.39 is 6.10 Å². The van der Waals surface area contributed by atoms with Gasteiger partial charge in [-0.1, -0.05) is 35.9 Å². The Morgan fingerprint density at radius 1 is 1.17 bits per heavy atom. The van der Waals surface area contributed by atoms with Gasteiger partial charge in [0, 0.05) is 19.2 Å². The monoisotopic (exact) mass is 324 g/mol. The van der Waals surface area contributed by atoms with E-state index in [1.165, 1.54) is 4.90 Å². The minimum Gasteiger partial charge on any atom is -0.480 e. The molecule has 24 heavy (non-hydrogen) atoms. The number of hydrogen-bond donors (Lipinski definition) is 1. The molecular formula is C19H20N2O3. The highest BCUT2D eigenvalue weighted by Gasteiger charge is 2.31. The molecule has 0 saturated carbocycles. The number of benzene rings is 2. The van der Waals surface area contributed by atoms with Crippen molar-refractivity contribution in [1.82, 2.24) is 4.90 Å². The lowest BCUT2D eigenvalue weighted by Gasteiger charge is -2.20. The molecule has 1 aliphatic rings. The fourth-order valence-corrected chi connectivity index (χ4v) is 2.70. The Morgan fingerprint density at radius 2 is 1.88 bits per heavy atom. The summed E-state index contributed by atoms with van der Waals surface area (Å²) in [5, 5.41) is 2.79. The second-order valence-corrected chi connectivity index (χ2v) is 6.03. The lowest BCUT2D eigenvalue weighted by molar-refractivity contribution is -0.139. The molecule has 0 unspecified atom stereocenters. The second-order valence-electron chi connectivity index (χ2n) is 6.03. The largest absolute Gasteiger partial charge is 0.480 e. The van der Waals surface area contributed by atoms with E-state index in [9.17, 15) is 9.59 Å². The van der Waals surface area contributed by atoms with Gasteiger partial charge in [0.2, 0.25) is 5.91 Å². The number of carbonyl (C=O) groups excluding carboxylic acids is 2. The number of para-hydroxylation sites is 1. The van der Waals surface area contributed by atoms with Crippen LogP contribution >= 0.6 is 0 Å². The number of carbonyl (C=O) groups is 2. The van der Waals surface area contributed by atoms with Gasteiger partial charge < -0.3 is 15.0 Å². The van der Waals surface area contributed by atoms with E-state index >= 15 is 0 Å². The van der Waals surface area contributed by atoms with Gasteiger partial charge >= 0.3 is 0 Å². The zero-order chi connectivity index (χ0) is 17.1. The third-order valence-corrected chi connectivity index (χ3v) is 4.01. The number of ether oxygens (including phenoxy) is 1. The number of anilines is 1. The highest BCUT2D eigenvalue weighted by atomic mass is 16.5. The van der Waals surface area contributed by atoms with Crippen molar-refractivity contribution >= 4 is 17.5 Å². The Labute approximate surface area is 141 Å². The number of nitrogens with one attached hydrogen (secondary N) is 1. The lowest BCUT2D eigenvalue weighted by Crippen LogP contribution is -2.42. The number of amides is 2. The van der Waals surface area contributed by atoms with Gasteiger partial charge in [-0.15, -0.1) is 0 Å². The summed E-state index contributed by atoms with van der Waals surface area (Å²) in [4.78, 5) is 26.0. The van der Waals surface area contributed by atoms with Crippen LogP contribution in [0.5, 0.6) is 5.75 Å². The minimum absolute atomic E-state index is 0.0110. The van der Waals surface area contributed by atoms with Crippen molar-refractivity contribution in [3.63, 3.8) is 0 Å². The molecule has 124 valence electrons. The van der Waals surface area contributed by atoms with Gasteiger partial charge in [-0.2, -0.15) is 0 Å². The quantitative estimate of drug-likeness (QED) is 0.939. The van der Waals surface area contributed by atoms with Crippen molar-refractivity contribution in [1.29, 1.82) is 0 Å². The van der Waals surface area contributed by atoms with Crippen molar-refractivity contribution in [2.75, 3.05) is 18.9 Å². The van der Waals surface area contributed by atoms with E-state index in [4.69, 9.17) is 4.74 Å². The average Bonchev–Trinajstić information content (AvgIpc) is 3.00. The molecule has 5 nitrogen and oxygen atoms in total. The zero-order valence-electron chi connectivity index (χ0n) is 13.8. The normalized spacial score (nSPS) is 15.3. The van der Waals surface area contributed by atoms with Gasteiger partial charge in [0.25, 0.3) is 5.91 Å². The number of fused-ring (bicyclic) bond motifs is 1. The van der Waals surface area contributed by atoms with Crippen LogP contribution in [0.3, 0.4) is 0 Å². The summed E-state index contributed by atoms with van der Waals surface area (Å²) in [6, 6.07) is 15.1. The number of nitrogens with zero attached hydrogens (tertiary/aromatic N) is 1. The van der Waals surface area contributed by atoms with Crippen LogP contribution < -0.4 is 10.1 Å². The molecule has 1 atom stereocenters. The van der Waals surface area contributed by atoms with Crippen LogP contribution in [0.1, 0.15) is 11.1 Å². The lowest BCUT2D eigenvalue weighted by atomic mass is 10.1. The van der Waals surface area contributed by atoms with Crippen molar-refractivity contribution in [2.24, 2.45) is 0 Å². The highest BCUT2D eigenvalue weighted by molar-refractivity contribution is 5.95. The first kappa shape index (κ1) is 16.1.